The van der Waals surface area contributed by atoms with Crippen molar-refractivity contribution < 1.29 is 9.53 Å². The van der Waals surface area contributed by atoms with Crippen LogP contribution in [0.15, 0.2) is 34.9 Å². The lowest BCUT2D eigenvalue weighted by Crippen LogP contribution is -2.39. The number of rotatable bonds is 3. The van der Waals surface area contributed by atoms with Gasteiger partial charge in [-0.15, -0.1) is 0 Å². The number of aromatic nitrogens is 2. The second-order valence-electron chi connectivity index (χ2n) is 6.61. The van der Waals surface area contributed by atoms with Crippen molar-refractivity contribution in [1.82, 2.24) is 14.9 Å². The highest BCUT2D eigenvalue weighted by molar-refractivity contribution is 9.10. The average Bonchev–Trinajstić information content (AvgIpc) is 2.69. The van der Waals surface area contributed by atoms with E-state index in [-0.39, 0.29) is 5.91 Å². The van der Waals surface area contributed by atoms with Crippen LogP contribution in [0.25, 0.3) is 0 Å². The molecule has 1 aromatic heterocycles. The maximum Gasteiger partial charge on any atom is 0.227 e. The number of nitrogens with zero attached hydrogens (tertiary/aromatic N) is 4. The lowest BCUT2D eigenvalue weighted by Gasteiger charge is -2.30. The molecule has 2 aliphatic heterocycles. The van der Waals surface area contributed by atoms with E-state index < -0.39 is 0 Å². The Hall–Kier alpha value is -1.99. The number of morpholine rings is 1. The number of anilines is 1. The van der Waals surface area contributed by atoms with E-state index in [9.17, 15) is 4.79 Å². The summed E-state index contributed by atoms with van der Waals surface area (Å²) in [7, 11) is 0. The smallest absolute Gasteiger partial charge is 0.227 e. The number of ether oxygens (including phenoxy) is 1. The van der Waals surface area contributed by atoms with E-state index >= 15 is 0 Å². The van der Waals surface area contributed by atoms with E-state index in [1.807, 2.05) is 35.4 Å². The van der Waals surface area contributed by atoms with Crippen LogP contribution in [-0.2, 0) is 28.9 Å². The minimum absolute atomic E-state index is 0.143. The second kappa shape index (κ2) is 7.72. The largest absolute Gasteiger partial charge is 0.378 e. The van der Waals surface area contributed by atoms with Crippen LogP contribution in [0.4, 0.5) is 5.95 Å². The highest BCUT2D eigenvalue weighted by Crippen LogP contribution is 2.21. The first-order chi connectivity index (χ1) is 12.7. The van der Waals surface area contributed by atoms with Crippen molar-refractivity contribution in [2.24, 2.45) is 0 Å². The van der Waals surface area contributed by atoms with Gasteiger partial charge in [-0.25, -0.2) is 9.97 Å². The predicted molar refractivity (Wildman–Crippen MR) is 102 cm³/mol. The van der Waals surface area contributed by atoms with E-state index in [2.05, 4.69) is 25.8 Å². The van der Waals surface area contributed by atoms with Gasteiger partial charge in [-0.3, -0.25) is 4.79 Å². The molecule has 136 valence electrons. The fraction of sp³-hybridized carbons (Fsp3) is 0.421. The number of halogens is 1. The Kier molecular flexibility index (Phi) is 5.17. The molecular formula is C19H21BrN4O2. The molecule has 7 heteroatoms. The van der Waals surface area contributed by atoms with Crippen LogP contribution < -0.4 is 4.90 Å². The molecule has 0 spiro atoms. The number of carbonyl (C=O) groups excluding carboxylic acids is 1. The van der Waals surface area contributed by atoms with Gasteiger partial charge in [0.1, 0.15) is 0 Å². The molecule has 2 aliphatic rings. The standard InChI is InChI=1S/C19H21BrN4O2/c20-16-3-1-14(2-4-16)11-18(25)24-6-5-15-12-21-19(22-17(15)13-24)23-7-9-26-10-8-23/h1-4,12H,5-11,13H2. The number of benzene rings is 1. The molecule has 0 bridgehead atoms. The SMILES string of the molecule is O=C(Cc1ccc(Br)cc1)N1CCc2cnc(N3CCOCC3)nc2C1. The zero-order chi connectivity index (χ0) is 17.9. The van der Waals surface area contributed by atoms with Crippen molar-refractivity contribution in [3.63, 3.8) is 0 Å². The molecule has 1 saturated heterocycles. The Morgan fingerprint density at radius 1 is 1.15 bits per heavy atom. The molecule has 2 aromatic rings. The molecule has 6 nitrogen and oxygen atoms in total. The van der Waals surface area contributed by atoms with Crippen molar-refractivity contribution in [1.29, 1.82) is 0 Å². The van der Waals surface area contributed by atoms with Crippen LogP contribution in [0.1, 0.15) is 16.8 Å². The fourth-order valence-electron chi connectivity index (χ4n) is 3.31. The van der Waals surface area contributed by atoms with Gasteiger partial charge in [0.2, 0.25) is 11.9 Å². The lowest BCUT2D eigenvalue weighted by atomic mass is 10.1. The van der Waals surface area contributed by atoms with Gasteiger partial charge < -0.3 is 14.5 Å². The Labute approximate surface area is 161 Å². The summed E-state index contributed by atoms with van der Waals surface area (Å²) in [5, 5.41) is 0. The van der Waals surface area contributed by atoms with Crippen LogP contribution in [-0.4, -0.2) is 53.6 Å². The zero-order valence-corrected chi connectivity index (χ0v) is 16.1. The maximum absolute atomic E-state index is 12.7. The third-order valence-electron chi connectivity index (χ3n) is 4.85. The lowest BCUT2D eigenvalue weighted by molar-refractivity contribution is -0.131. The monoisotopic (exact) mass is 416 g/mol. The molecule has 1 amide bonds. The summed E-state index contributed by atoms with van der Waals surface area (Å²) in [6.45, 7) is 4.32. The maximum atomic E-state index is 12.7. The summed E-state index contributed by atoms with van der Waals surface area (Å²) >= 11 is 3.42. The number of hydrogen-bond acceptors (Lipinski definition) is 5. The summed E-state index contributed by atoms with van der Waals surface area (Å²) in [5.74, 6) is 0.888. The average molecular weight is 417 g/mol. The van der Waals surface area contributed by atoms with Gasteiger partial charge in [0.25, 0.3) is 0 Å². The van der Waals surface area contributed by atoms with Crippen LogP contribution in [0.3, 0.4) is 0 Å². The Balaban J connectivity index is 1.45. The molecule has 0 aliphatic carbocycles. The Bertz CT molecular complexity index is 791. The minimum atomic E-state index is 0.143. The van der Waals surface area contributed by atoms with Gasteiger partial charge in [-0.05, 0) is 29.7 Å². The van der Waals surface area contributed by atoms with E-state index in [0.717, 1.165) is 53.3 Å². The van der Waals surface area contributed by atoms with Crippen molar-refractivity contribution in [2.75, 3.05) is 37.7 Å². The third kappa shape index (κ3) is 3.88. The van der Waals surface area contributed by atoms with E-state index in [0.29, 0.717) is 26.2 Å². The highest BCUT2D eigenvalue weighted by atomic mass is 79.9. The molecule has 4 rings (SSSR count). The highest BCUT2D eigenvalue weighted by Gasteiger charge is 2.24. The molecule has 0 saturated carbocycles. The first-order valence-electron chi connectivity index (χ1n) is 8.89. The van der Waals surface area contributed by atoms with Crippen molar-refractivity contribution >= 4 is 27.8 Å². The molecule has 1 fully saturated rings. The normalized spacial score (nSPS) is 17.1. The van der Waals surface area contributed by atoms with Gasteiger partial charge >= 0.3 is 0 Å². The first-order valence-corrected chi connectivity index (χ1v) is 9.68. The van der Waals surface area contributed by atoms with E-state index in [4.69, 9.17) is 9.72 Å². The summed E-state index contributed by atoms with van der Waals surface area (Å²) in [6, 6.07) is 7.91. The fourth-order valence-corrected chi connectivity index (χ4v) is 3.57. The van der Waals surface area contributed by atoms with Crippen molar-refractivity contribution in [3.8, 4) is 0 Å². The molecule has 0 radical (unpaired) electrons. The predicted octanol–water partition coefficient (Wildman–Crippen LogP) is 2.20. The topological polar surface area (TPSA) is 58.6 Å². The molecule has 0 N–H and O–H groups in total. The Morgan fingerprint density at radius 2 is 1.92 bits per heavy atom. The van der Waals surface area contributed by atoms with Gasteiger partial charge in [-0.2, -0.15) is 0 Å². The van der Waals surface area contributed by atoms with Crippen LogP contribution in [0.5, 0.6) is 0 Å². The molecule has 1 aromatic carbocycles. The van der Waals surface area contributed by atoms with Gasteiger partial charge in [0.05, 0.1) is 31.9 Å². The number of fused-ring (bicyclic) bond motifs is 1. The number of amides is 1. The molecule has 3 heterocycles. The molecule has 26 heavy (non-hydrogen) atoms. The van der Waals surface area contributed by atoms with Crippen LogP contribution in [0.2, 0.25) is 0 Å². The van der Waals surface area contributed by atoms with Gasteiger partial charge in [0, 0.05) is 30.3 Å². The Morgan fingerprint density at radius 3 is 2.69 bits per heavy atom. The second-order valence-corrected chi connectivity index (χ2v) is 7.53. The van der Waals surface area contributed by atoms with Crippen molar-refractivity contribution in [3.05, 3.63) is 51.8 Å². The van der Waals surface area contributed by atoms with E-state index in [1.165, 1.54) is 0 Å². The minimum Gasteiger partial charge on any atom is -0.378 e. The summed E-state index contributed by atoms with van der Waals surface area (Å²) in [4.78, 5) is 26.0. The van der Waals surface area contributed by atoms with E-state index in [1.54, 1.807) is 0 Å². The summed E-state index contributed by atoms with van der Waals surface area (Å²) in [5.41, 5.74) is 3.15. The van der Waals surface area contributed by atoms with Gasteiger partial charge in [-0.1, -0.05) is 28.1 Å². The first kappa shape index (κ1) is 17.4. The molecule has 0 atom stereocenters. The van der Waals surface area contributed by atoms with Crippen molar-refractivity contribution in [2.45, 2.75) is 19.4 Å². The summed E-state index contributed by atoms with van der Waals surface area (Å²) in [6.07, 6.45) is 3.15. The summed E-state index contributed by atoms with van der Waals surface area (Å²) < 4.78 is 6.41. The number of carbonyl (C=O) groups is 1. The van der Waals surface area contributed by atoms with Gasteiger partial charge in [0.15, 0.2) is 0 Å². The molecule has 0 unspecified atom stereocenters. The van der Waals surface area contributed by atoms with Crippen LogP contribution in [0, 0.1) is 0 Å². The molecular weight excluding hydrogens is 396 g/mol. The number of hydrogen-bond donors (Lipinski definition) is 0. The van der Waals surface area contributed by atoms with Crippen LogP contribution >= 0.6 is 15.9 Å². The third-order valence-corrected chi connectivity index (χ3v) is 5.38. The zero-order valence-electron chi connectivity index (χ0n) is 14.5. The quantitative estimate of drug-likeness (QED) is 0.767.